The highest BCUT2D eigenvalue weighted by Gasteiger charge is 2.19. The number of carboxylic acids is 1. The third kappa shape index (κ3) is 4.41. The van der Waals surface area contributed by atoms with E-state index in [4.69, 9.17) is 5.11 Å². The normalized spacial score (nSPS) is 18.7. The Bertz CT molecular complexity index is 640. The van der Waals surface area contributed by atoms with Crippen LogP contribution in [-0.4, -0.2) is 41.7 Å². The molecule has 2 aromatic carbocycles. The third-order valence-electron chi connectivity index (χ3n) is 4.27. The average molecular weight is 310 g/mol. The van der Waals surface area contributed by atoms with Crippen molar-refractivity contribution in [1.82, 2.24) is 10.2 Å². The van der Waals surface area contributed by atoms with Crippen LogP contribution in [0.15, 0.2) is 54.6 Å². The van der Waals surface area contributed by atoms with Gasteiger partial charge in [0.1, 0.15) is 0 Å². The standard InChI is InChI=1S/C19H22N2O2/c22-19(23)17-8-6-16(7-9-17)13-21-11-10-20-18(14-21)12-15-4-2-1-3-5-15/h1-9,18,20H,10-14H2,(H,22,23). The minimum Gasteiger partial charge on any atom is -0.478 e. The van der Waals surface area contributed by atoms with Crippen molar-refractivity contribution in [3.05, 3.63) is 71.3 Å². The molecular formula is C19H22N2O2. The molecule has 0 radical (unpaired) electrons. The maximum absolute atomic E-state index is 10.9. The fourth-order valence-electron chi connectivity index (χ4n) is 3.08. The molecule has 1 aliphatic rings. The number of nitrogens with zero attached hydrogens (tertiary/aromatic N) is 1. The van der Waals surface area contributed by atoms with Crippen LogP contribution in [0.5, 0.6) is 0 Å². The Labute approximate surface area is 136 Å². The van der Waals surface area contributed by atoms with Crippen molar-refractivity contribution in [2.75, 3.05) is 19.6 Å². The number of aromatic carboxylic acids is 1. The van der Waals surface area contributed by atoms with Crippen LogP contribution in [0.1, 0.15) is 21.5 Å². The number of benzene rings is 2. The zero-order chi connectivity index (χ0) is 16.1. The van der Waals surface area contributed by atoms with Gasteiger partial charge in [-0.2, -0.15) is 0 Å². The van der Waals surface area contributed by atoms with E-state index < -0.39 is 5.97 Å². The van der Waals surface area contributed by atoms with E-state index in [-0.39, 0.29) is 0 Å². The summed E-state index contributed by atoms with van der Waals surface area (Å²) in [5.74, 6) is -0.873. The average Bonchev–Trinajstić information content (AvgIpc) is 2.57. The Kier molecular flexibility index (Phi) is 5.05. The minimum atomic E-state index is -0.873. The molecule has 0 aromatic heterocycles. The van der Waals surface area contributed by atoms with E-state index in [1.807, 2.05) is 18.2 Å². The fraction of sp³-hybridized carbons (Fsp3) is 0.316. The monoisotopic (exact) mass is 310 g/mol. The maximum atomic E-state index is 10.9. The van der Waals surface area contributed by atoms with Gasteiger partial charge in [-0.05, 0) is 29.7 Å². The highest BCUT2D eigenvalue weighted by molar-refractivity contribution is 5.87. The third-order valence-corrected chi connectivity index (χ3v) is 4.27. The van der Waals surface area contributed by atoms with Crippen LogP contribution in [0.2, 0.25) is 0 Å². The molecule has 0 spiro atoms. The van der Waals surface area contributed by atoms with E-state index in [1.54, 1.807) is 12.1 Å². The molecule has 23 heavy (non-hydrogen) atoms. The predicted molar refractivity (Wildman–Crippen MR) is 90.6 cm³/mol. The number of hydrogen-bond acceptors (Lipinski definition) is 3. The van der Waals surface area contributed by atoms with Gasteiger partial charge in [-0.3, -0.25) is 4.90 Å². The van der Waals surface area contributed by atoms with Crippen molar-refractivity contribution in [2.24, 2.45) is 0 Å². The van der Waals surface area contributed by atoms with Crippen LogP contribution in [0.4, 0.5) is 0 Å². The molecule has 1 heterocycles. The van der Waals surface area contributed by atoms with Crippen molar-refractivity contribution in [1.29, 1.82) is 0 Å². The second-order valence-electron chi connectivity index (χ2n) is 6.08. The molecule has 1 fully saturated rings. The lowest BCUT2D eigenvalue weighted by Crippen LogP contribution is -2.51. The maximum Gasteiger partial charge on any atom is 0.335 e. The molecule has 0 amide bonds. The van der Waals surface area contributed by atoms with E-state index in [0.717, 1.165) is 38.2 Å². The van der Waals surface area contributed by atoms with Crippen molar-refractivity contribution >= 4 is 5.97 Å². The van der Waals surface area contributed by atoms with Gasteiger partial charge < -0.3 is 10.4 Å². The molecular weight excluding hydrogens is 288 g/mol. The quantitative estimate of drug-likeness (QED) is 0.890. The van der Waals surface area contributed by atoms with Crippen LogP contribution < -0.4 is 5.32 Å². The lowest BCUT2D eigenvalue weighted by Gasteiger charge is -2.34. The van der Waals surface area contributed by atoms with Gasteiger partial charge in [-0.15, -0.1) is 0 Å². The van der Waals surface area contributed by atoms with Crippen molar-refractivity contribution in [2.45, 2.75) is 19.0 Å². The van der Waals surface area contributed by atoms with Gasteiger partial charge in [0.2, 0.25) is 0 Å². The number of nitrogens with one attached hydrogen (secondary N) is 1. The molecule has 3 rings (SSSR count). The van der Waals surface area contributed by atoms with Gasteiger partial charge in [-0.1, -0.05) is 42.5 Å². The summed E-state index contributed by atoms with van der Waals surface area (Å²) in [6.07, 6.45) is 1.04. The zero-order valence-electron chi connectivity index (χ0n) is 13.1. The van der Waals surface area contributed by atoms with Crippen molar-refractivity contribution in [3.8, 4) is 0 Å². The Hall–Kier alpha value is -2.17. The van der Waals surface area contributed by atoms with Crippen molar-refractivity contribution in [3.63, 3.8) is 0 Å². The number of rotatable bonds is 5. The van der Waals surface area contributed by atoms with E-state index >= 15 is 0 Å². The smallest absolute Gasteiger partial charge is 0.335 e. The second kappa shape index (κ2) is 7.40. The van der Waals surface area contributed by atoms with Gasteiger partial charge in [0.15, 0.2) is 0 Å². The van der Waals surface area contributed by atoms with Gasteiger partial charge in [0, 0.05) is 32.2 Å². The van der Waals surface area contributed by atoms with E-state index in [0.29, 0.717) is 11.6 Å². The second-order valence-corrected chi connectivity index (χ2v) is 6.08. The van der Waals surface area contributed by atoms with Gasteiger partial charge >= 0.3 is 5.97 Å². The van der Waals surface area contributed by atoms with Gasteiger partial charge in [0.05, 0.1) is 5.56 Å². The number of hydrogen-bond donors (Lipinski definition) is 2. The predicted octanol–water partition coefficient (Wildman–Crippen LogP) is 2.40. The number of piperazine rings is 1. The molecule has 4 heteroatoms. The first-order valence-electron chi connectivity index (χ1n) is 8.02. The SMILES string of the molecule is O=C(O)c1ccc(CN2CCNC(Cc3ccccc3)C2)cc1. The zero-order valence-corrected chi connectivity index (χ0v) is 13.1. The molecule has 4 nitrogen and oxygen atoms in total. The van der Waals surface area contributed by atoms with Gasteiger partial charge in [0.25, 0.3) is 0 Å². The minimum absolute atomic E-state index is 0.344. The van der Waals surface area contributed by atoms with Crippen LogP contribution in [0.3, 0.4) is 0 Å². The van der Waals surface area contributed by atoms with Crippen LogP contribution in [-0.2, 0) is 13.0 Å². The Balaban J connectivity index is 1.57. The Morgan fingerprint density at radius 1 is 1.09 bits per heavy atom. The summed E-state index contributed by atoms with van der Waals surface area (Å²) in [5.41, 5.74) is 2.86. The summed E-state index contributed by atoms with van der Waals surface area (Å²) in [7, 11) is 0. The molecule has 1 atom stereocenters. The van der Waals surface area contributed by atoms with E-state index in [2.05, 4.69) is 34.5 Å². The summed E-state index contributed by atoms with van der Waals surface area (Å²) < 4.78 is 0. The molecule has 120 valence electrons. The highest BCUT2D eigenvalue weighted by atomic mass is 16.4. The largest absolute Gasteiger partial charge is 0.478 e. The highest BCUT2D eigenvalue weighted by Crippen LogP contribution is 2.12. The van der Waals surface area contributed by atoms with Crippen LogP contribution >= 0.6 is 0 Å². The molecule has 0 bridgehead atoms. The summed E-state index contributed by atoms with van der Waals surface area (Å²) >= 11 is 0. The number of carboxylic acid groups (broad SMARTS) is 1. The summed E-state index contributed by atoms with van der Waals surface area (Å²) in [5, 5.41) is 12.5. The first-order valence-corrected chi connectivity index (χ1v) is 8.02. The summed E-state index contributed by atoms with van der Waals surface area (Å²) in [6, 6.07) is 18.2. The topological polar surface area (TPSA) is 52.6 Å². The molecule has 2 aromatic rings. The molecule has 2 N–H and O–H groups in total. The van der Waals surface area contributed by atoms with Gasteiger partial charge in [-0.25, -0.2) is 4.79 Å². The van der Waals surface area contributed by atoms with E-state index in [9.17, 15) is 4.79 Å². The molecule has 1 unspecified atom stereocenters. The first kappa shape index (κ1) is 15.7. The number of carbonyl (C=O) groups is 1. The lowest BCUT2D eigenvalue weighted by atomic mass is 10.0. The first-order chi connectivity index (χ1) is 11.2. The molecule has 0 saturated carbocycles. The molecule has 1 aliphatic heterocycles. The fourth-order valence-corrected chi connectivity index (χ4v) is 3.08. The van der Waals surface area contributed by atoms with Crippen LogP contribution in [0.25, 0.3) is 0 Å². The van der Waals surface area contributed by atoms with Crippen molar-refractivity contribution < 1.29 is 9.90 Å². The summed E-state index contributed by atoms with van der Waals surface area (Å²) in [6.45, 7) is 3.89. The Morgan fingerprint density at radius 3 is 2.52 bits per heavy atom. The lowest BCUT2D eigenvalue weighted by molar-refractivity contribution is 0.0697. The molecule has 0 aliphatic carbocycles. The summed E-state index contributed by atoms with van der Waals surface area (Å²) in [4.78, 5) is 13.3. The van der Waals surface area contributed by atoms with Crippen LogP contribution in [0, 0.1) is 0 Å². The van der Waals surface area contributed by atoms with E-state index in [1.165, 1.54) is 5.56 Å². The Morgan fingerprint density at radius 2 is 1.83 bits per heavy atom. The molecule has 1 saturated heterocycles.